The molecule has 0 aliphatic carbocycles. The fraction of sp³-hybridized carbons (Fsp3) is 0.462. The normalized spacial score (nSPS) is 11.1. The Hall–Kier alpha value is -1.63. The van der Waals surface area contributed by atoms with Crippen molar-refractivity contribution in [3.8, 4) is 5.75 Å². The molecule has 0 saturated heterocycles. The predicted octanol–water partition coefficient (Wildman–Crippen LogP) is -0.713. The lowest BCUT2D eigenvalue weighted by Gasteiger charge is -2.28. The van der Waals surface area contributed by atoms with E-state index in [2.05, 4.69) is 5.32 Å². The van der Waals surface area contributed by atoms with Crippen molar-refractivity contribution in [3.05, 3.63) is 30.3 Å². The SMILES string of the molecule is O=C(CCOc1ccccc1)NC(CO)(CO)CO. The molecule has 0 unspecified atom stereocenters. The van der Waals surface area contributed by atoms with Crippen LogP contribution in [0.2, 0.25) is 0 Å². The van der Waals surface area contributed by atoms with Crippen molar-refractivity contribution in [2.75, 3.05) is 26.4 Å². The van der Waals surface area contributed by atoms with Crippen LogP contribution in [0, 0.1) is 0 Å². The van der Waals surface area contributed by atoms with Crippen molar-refractivity contribution < 1.29 is 24.9 Å². The van der Waals surface area contributed by atoms with Gasteiger partial charge in [-0.15, -0.1) is 0 Å². The van der Waals surface area contributed by atoms with E-state index < -0.39 is 31.3 Å². The Kier molecular flexibility index (Phi) is 6.27. The number of aliphatic hydroxyl groups is 3. The number of benzene rings is 1. The van der Waals surface area contributed by atoms with E-state index in [1.807, 2.05) is 18.2 Å². The molecule has 0 bridgehead atoms. The molecule has 1 amide bonds. The highest BCUT2D eigenvalue weighted by Crippen LogP contribution is 2.08. The van der Waals surface area contributed by atoms with E-state index in [4.69, 9.17) is 20.1 Å². The molecule has 4 N–H and O–H groups in total. The summed E-state index contributed by atoms with van der Waals surface area (Å²) >= 11 is 0. The zero-order valence-corrected chi connectivity index (χ0v) is 10.6. The summed E-state index contributed by atoms with van der Waals surface area (Å²) in [5, 5.41) is 29.6. The lowest BCUT2D eigenvalue weighted by atomic mass is 10.0. The molecule has 0 atom stereocenters. The van der Waals surface area contributed by atoms with Crippen LogP contribution >= 0.6 is 0 Å². The monoisotopic (exact) mass is 269 g/mol. The predicted molar refractivity (Wildman–Crippen MR) is 68.7 cm³/mol. The number of hydrogen-bond acceptors (Lipinski definition) is 5. The van der Waals surface area contributed by atoms with Gasteiger partial charge in [0.05, 0.1) is 32.8 Å². The van der Waals surface area contributed by atoms with Crippen LogP contribution in [0.4, 0.5) is 0 Å². The van der Waals surface area contributed by atoms with Gasteiger partial charge in [-0.3, -0.25) is 4.79 Å². The van der Waals surface area contributed by atoms with Gasteiger partial charge >= 0.3 is 0 Å². The minimum absolute atomic E-state index is 0.0661. The number of para-hydroxylation sites is 1. The summed E-state index contributed by atoms with van der Waals surface area (Å²) < 4.78 is 5.34. The third-order valence-corrected chi connectivity index (χ3v) is 2.65. The maximum atomic E-state index is 11.6. The van der Waals surface area contributed by atoms with Gasteiger partial charge in [-0.25, -0.2) is 0 Å². The van der Waals surface area contributed by atoms with Crippen molar-refractivity contribution in [2.45, 2.75) is 12.0 Å². The van der Waals surface area contributed by atoms with Gasteiger partial charge in [0.15, 0.2) is 0 Å². The summed E-state index contributed by atoms with van der Waals surface area (Å²) in [6.45, 7) is -1.43. The number of rotatable bonds is 8. The van der Waals surface area contributed by atoms with Crippen molar-refractivity contribution in [1.29, 1.82) is 0 Å². The summed E-state index contributed by atoms with van der Waals surface area (Å²) in [7, 11) is 0. The molecule has 0 aromatic heterocycles. The Morgan fingerprint density at radius 3 is 2.21 bits per heavy atom. The molecule has 106 valence electrons. The van der Waals surface area contributed by atoms with Crippen LogP contribution in [-0.2, 0) is 4.79 Å². The minimum atomic E-state index is -1.39. The first-order chi connectivity index (χ1) is 9.15. The molecule has 0 heterocycles. The van der Waals surface area contributed by atoms with Gasteiger partial charge in [-0.2, -0.15) is 0 Å². The summed E-state index contributed by atoms with van der Waals surface area (Å²) in [4.78, 5) is 11.6. The highest BCUT2D eigenvalue weighted by molar-refractivity contribution is 5.77. The number of ether oxygens (including phenoxy) is 1. The van der Waals surface area contributed by atoms with Gasteiger partial charge in [0.25, 0.3) is 0 Å². The van der Waals surface area contributed by atoms with E-state index >= 15 is 0 Å². The van der Waals surface area contributed by atoms with E-state index in [1.165, 1.54) is 0 Å². The fourth-order valence-electron chi connectivity index (χ4n) is 1.41. The van der Waals surface area contributed by atoms with Gasteiger partial charge in [-0.05, 0) is 12.1 Å². The fourth-order valence-corrected chi connectivity index (χ4v) is 1.41. The summed E-state index contributed by atoms with van der Waals surface area (Å²) in [5.41, 5.74) is -1.39. The molecule has 6 heteroatoms. The summed E-state index contributed by atoms with van der Waals surface area (Å²) in [5.74, 6) is 0.251. The molecule has 0 saturated carbocycles. The maximum Gasteiger partial charge on any atom is 0.224 e. The van der Waals surface area contributed by atoms with E-state index in [9.17, 15) is 4.79 Å². The van der Waals surface area contributed by atoms with Crippen molar-refractivity contribution in [3.63, 3.8) is 0 Å². The molecule has 0 radical (unpaired) electrons. The Labute approximate surface area is 111 Å². The third-order valence-electron chi connectivity index (χ3n) is 2.65. The minimum Gasteiger partial charge on any atom is -0.493 e. The lowest BCUT2D eigenvalue weighted by molar-refractivity contribution is -0.125. The molecule has 1 aromatic carbocycles. The second-order valence-electron chi connectivity index (χ2n) is 4.21. The maximum absolute atomic E-state index is 11.6. The van der Waals surface area contributed by atoms with Gasteiger partial charge in [0.1, 0.15) is 11.3 Å². The molecule has 19 heavy (non-hydrogen) atoms. The Morgan fingerprint density at radius 1 is 1.11 bits per heavy atom. The van der Waals surface area contributed by atoms with Crippen LogP contribution < -0.4 is 10.1 Å². The molecular weight excluding hydrogens is 250 g/mol. The Bertz CT molecular complexity index is 370. The largest absolute Gasteiger partial charge is 0.493 e. The van der Waals surface area contributed by atoms with Crippen LogP contribution in [0.1, 0.15) is 6.42 Å². The zero-order chi connectivity index (χ0) is 14.1. The molecule has 0 spiro atoms. The van der Waals surface area contributed by atoms with Crippen LogP contribution in [0.5, 0.6) is 5.75 Å². The second kappa shape index (κ2) is 7.73. The Morgan fingerprint density at radius 2 is 1.68 bits per heavy atom. The number of carbonyl (C=O) groups excluding carboxylic acids is 1. The number of aliphatic hydroxyl groups excluding tert-OH is 3. The number of amides is 1. The van der Waals surface area contributed by atoms with E-state index in [-0.39, 0.29) is 13.0 Å². The Balaban J connectivity index is 2.35. The van der Waals surface area contributed by atoms with Crippen LogP contribution in [0.25, 0.3) is 0 Å². The van der Waals surface area contributed by atoms with Crippen LogP contribution in [0.15, 0.2) is 30.3 Å². The first-order valence-corrected chi connectivity index (χ1v) is 5.97. The molecule has 0 aliphatic rings. The first-order valence-electron chi connectivity index (χ1n) is 5.97. The van der Waals surface area contributed by atoms with Gasteiger partial charge < -0.3 is 25.4 Å². The lowest BCUT2D eigenvalue weighted by Crippen LogP contribution is -2.57. The zero-order valence-electron chi connectivity index (χ0n) is 10.6. The topological polar surface area (TPSA) is 99.0 Å². The molecule has 6 nitrogen and oxygen atoms in total. The molecule has 0 fully saturated rings. The van der Waals surface area contributed by atoms with Gasteiger partial charge in [0, 0.05) is 0 Å². The highest BCUT2D eigenvalue weighted by Gasteiger charge is 2.29. The number of carbonyl (C=O) groups is 1. The van der Waals surface area contributed by atoms with Crippen molar-refractivity contribution >= 4 is 5.91 Å². The van der Waals surface area contributed by atoms with E-state index in [0.717, 1.165) is 0 Å². The van der Waals surface area contributed by atoms with Gasteiger partial charge in [0.2, 0.25) is 5.91 Å². The molecule has 1 aromatic rings. The van der Waals surface area contributed by atoms with Gasteiger partial charge in [-0.1, -0.05) is 18.2 Å². The summed E-state index contributed by atoms with van der Waals surface area (Å²) in [6.07, 6.45) is 0.0661. The number of nitrogens with one attached hydrogen (secondary N) is 1. The van der Waals surface area contributed by atoms with Crippen molar-refractivity contribution in [2.24, 2.45) is 0 Å². The quantitative estimate of drug-likeness (QED) is 0.499. The van der Waals surface area contributed by atoms with E-state index in [1.54, 1.807) is 12.1 Å². The standard InChI is InChI=1S/C13H19NO5/c15-8-13(9-16,10-17)14-12(18)6-7-19-11-4-2-1-3-5-11/h1-5,15-17H,6-10H2,(H,14,18). The summed E-state index contributed by atoms with van der Waals surface area (Å²) in [6, 6.07) is 9.06. The van der Waals surface area contributed by atoms with Crippen molar-refractivity contribution in [1.82, 2.24) is 5.32 Å². The molecule has 1 rings (SSSR count). The average Bonchev–Trinajstić information content (AvgIpc) is 2.46. The van der Waals surface area contributed by atoms with Crippen LogP contribution in [0.3, 0.4) is 0 Å². The third kappa shape index (κ3) is 4.86. The first kappa shape index (κ1) is 15.4. The average molecular weight is 269 g/mol. The molecular formula is C13H19NO5. The molecule has 0 aliphatic heterocycles. The van der Waals surface area contributed by atoms with Crippen LogP contribution in [-0.4, -0.2) is 53.2 Å². The van der Waals surface area contributed by atoms with E-state index in [0.29, 0.717) is 5.75 Å². The smallest absolute Gasteiger partial charge is 0.224 e. The second-order valence-corrected chi connectivity index (χ2v) is 4.21. The number of hydrogen-bond donors (Lipinski definition) is 4. The highest BCUT2D eigenvalue weighted by atomic mass is 16.5.